The van der Waals surface area contributed by atoms with E-state index in [1.165, 1.54) is 0 Å². The SMILES string of the molecule is C=C(C)[C@@H]1CC[C@]2(C)[C@H](C[C@@H](F)C34OC(=O)[C@@]5(CC[C@@H](C)[C@H](C)[C@@H]35)CC[C@]42C)[C@@]1(C)CCC(N)=O. The molecule has 35 heavy (non-hydrogen) atoms. The molecule has 1 aliphatic heterocycles. The maximum Gasteiger partial charge on any atom is 0.313 e. The van der Waals surface area contributed by atoms with Crippen molar-refractivity contribution in [3.63, 3.8) is 0 Å². The predicted molar refractivity (Wildman–Crippen MR) is 135 cm³/mol. The second-order valence-electron chi connectivity index (χ2n) is 14.1. The minimum absolute atomic E-state index is 0.0616. The van der Waals surface area contributed by atoms with E-state index in [9.17, 15) is 9.59 Å². The maximum absolute atomic E-state index is 17.1. The highest BCUT2D eigenvalue weighted by molar-refractivity contribution is 5.82. The molecular formula is C30H46FNO3. The summed E-state index contributed by atoms with van der Waals surface area (Å²) in [6.45, 7) is 17.8. The molecule has 4 saturated carbocycles. The van der Waals surface area contributed by atoms with Crippen molar-refractivity contribution in [3.05, 3.63) is 12.2 Å². The lowest BCUT2D eigenvalue weighted by Gasteiger charge is -2.73. The second-order valence-corrected chi connectivity index (χ2v) is 14.1. The topological polar surface area (TPSA) is 69.4 Å². The van der Waals surface area contributed by atoms with Gasteiger partial charge in [0.05, 0.1) is 5.41 Å². The van der Waals surface area contributed by atoms with Gasteiger partial charge in [-0.25, -0.2) is 4.39 Å². The molecule has 0 aromatic rings. The highest BCUT2D eigenvalue weighted by Gasteiger charge is 2.83. The minimum atomic E-state index is -1.20. The molecule has 5 rings (SSSR count). The lowest BCUT2D eigenvalue weighted by Crippen LogP contribution is -2.75. The number of carbonyl (C=O) groups is 2. The van der Waals surface area contributed by atoms with Crippen LogP contribution in [0.4, 0.5) is 4.39 Å². The third-order valence-electron chi connectivity index (χ3n) is 13.1. The first-order valence-corrected chi connectivity index (χ1v) is 14.0. The Hall–Kier alpha value is -1.39. The number of esters is 1. The highest BCUT2D eigenvalue weighted by Crippen LogP contribution is 2.80. The molecule has 4 nitrogen and oxygen atoms in total. The van der Waals surface area contributed by atoms with Gasteiger partial charge in [0.2, 0.25) is 5.91 Å². The molecule has 0 radical (unpaired) electrons. The van der Waals surface area contributed by atoms with Crippen LogP contribution in [0.25, 0.3) is 0 Å². The van der Waals surface area contributed by atoms with Crippen molar-refractivity contribution in [2.75, 3.05) is 0 Å². The first-order valence-electron chi connectivity index (χ1n) is 14.0. The number of halogens is 1. The van der Waals surface area contributed by atoms with Crippen LogP contribution < -0.4 is 5.73 Å². The Morgan fingerprint density at radius 3 is 2.46 bits per heavy atom. The summed E-state index contributed by atoms with van der Waals surface area (Å²) in [5.74, 6) is 0.522. The maximum atomic E-state index is 17.1. The van der Waals surface area contributed by atoms with E-state index in [0.29, 0.717) is 25.2 Å². The van der Waals surface area contributed by atoms with Crippen LogP contribution in [-0.4, -0.2) is 23.6 Å². The van der Waals surface area contributed by atoms with E-state index in [1.807, 2.05) is 0 Å². The van der Waals surface area contributed by atoms with Crippen LogP contribution in [0.1, 0.15) is 99.3 Å². The first-order chi connectivity index (χ1) is 16.2. The summed E-state index contributed by atoms with van der Waals surface area (Å²) in [6.07, 6.45) is 5.55. The average Bonchev–Trinajstić information content (AvgIpc) is 3.00. The molecule has 1 spiro atoms. The van der Waals surface area contributed by atoms with Crippen LogP contribution in [0.2, 0.25) is 0 Å². The number of ether oxygens (including phenoxy) is 1. The Morgan fingerprint density at radius 2 is 1.83 bits per heavy atom. The second kappa shape index (κ2) is 7.57. The molecule has 11 atom stereocenters. The number of alkyl halides is 1. The van der Waals surface area contributed by atoms with E-state index >= 15 is 4.39 Å². The fourth-order valence-corrected chi connectivity index (χ4v) is 11.0. The van der Waals surface area contributed by atoms with Crippen LogP contribution in [0, 0.1) is 51.2 Å². The Morgan fingerprint density at radius 1 is 1.14 bits per heavy atom. The molecule has 5 fully saturated rings. The van der Waals surface area contributed by atoms with Gasteiger partial charge >= 0.3 is 5.97 Å². The molecule has 2 bridgehead atoms. The van der Waals surface area contributed by atoms with Crippen LogP contribution >= 0.6 is 0 Å². The van der Waals surface area contributed by atoms with Crippen molar-refractivity contribution in [3.8, 4) is 0 Å². The van der Waals surface area contributed by atoms with Gasteiger partial charge in [-0.15, -0.1) is 0 Å². The zero-order valence-corrected chi connectivity index (χ0v) is 22.7. The summed E-state index contributed by atoms with van der Waals surface area (Å²) < 4.78 is 23.6. The molecule has 1 saturated heterocycles. The number of amides is 1. The molecule has 5 heteroatoms. The molecule has 1 amide bonds. The number of hydrogen-bond donors (Lipinski definition) is 1. The fourth-order valence-electron chi connectivity index (χ4n) is 11.0. The van der Waals surface area contributed by atoms with Crippen LogP contribution in [0.5, 0.6) is 0 Å². The monoisotopic (exact) mass is 487 g/mol. The van der Waals surface area contributed by atoms with E-state index in [-0.39, 0.29) is 46.4 Å². The molecule has 5 aliphatic rings. The number of allylic oxidation sites excluding steroid dienone is 1. The summed E-state index contributed by atoms with van der Waals surface area (Å²) in [7, 11) is 0. The summed E-state index contributed by atoms with van der Waals surface area (Å²) in [6, 6.07) is 0. The van der Waals surface area contributed by atoms with Crippen molar-refractivity contribution >= 4 is 11.9 Å². The van der Waals surface area contributed by atoms with E-state index in [2.05, 4.69) is 48.1 Å². The highest BCUT2D eigenvalue weighted by atomic mass is 19.1. The standard InChI is InChI=1S/C30H46FNO3/c1-17(2)20-9-12-27(6)21(26(20,5)11-10-23(32)33)16-22(31)30-24-19(4)18(3)8-13-29(24,25(34)35-30)15-14-28(27,30)7/h18-22,24H,1,8-16H2,2-7H3,(H2,32,33)/t18-,19+,20+,21-,22-,24-,26+,27-,28+,29+,30?/m1/s1. The Kier molecular flexibility index (Phi) is 5.46. The van der Waals surface area contributed by atoms with Gasteiger partial charge in [-0.2, -0.15) is 0 Å². The third kappa shape index (κ3) is 2.79. The molecule has 0 aromatic carbocycles. The van der Waals surface area contributed by atoms with Gasteiger partial charge in [0, 0.05) is 17.8 Å². The minimum Gasteiger partial charge on any atom is -0.455 e. The number of carbonyl (C=O) groups excluding carboxylic acids is 2. The number of nitrogens with two attached hydrogens (primary N) is 1. The Labute approximate surface area is 211 Å². The van der Waals surface area contributed by atoms with Crippen molar-refractivity contribution in [2.45, 2.75) is 111 Å². The number of rotatable bonds is 4. The molecule has 1 heterocycles. The largest absolute Gasteiger partial charge is 0.455 e. The van der Waals surface area contributed by atoms with Crippen LogP contribution in [0.15, 0.2) is 12.2 Å². The Bertz CT molecular complexity index is 965. The van der Waals surface area contributed by atoms with E-state index in [4.69, 9.17) is 10.5 Å². The third-order valence-corrected chi connectivity index (χ3v) is 13.1. The van der Waals surface area contributed by atoms with Gasteiger partial charge in [-0.1, -0.05) is 46.8 Å². The molecular weight excluding hydrogens is 441 g/mol. The normalized spacial score (nSPS) is 54.8. The molecule has 2 N–H and O–H groups in total. The van der Waals surface area contributed by atoms with Crippen molar-refractivity contribution < 1.29 is 18.7 Å². The summed E-state index contributed by atoms with van der Waals surface area (Å²) >= 11 is 0. The van der Waals surface area contributed by atoms with Gasteiger partial charge in [0.15, 0.2) is 5.60 Å². The van der Waals surface area contributed by atoms with Gasteiger partial charge in [0.1, 0.15) is 6.17 Å². The number of hydrogen-bond acceptors (Lipinski definition) is 3. The van der Waals surface area contributed by atoms with Gasteiger partial charge in [0.25, 0.3) is 0 Å². The smallest absolute Gasteiger partial charge is 0.313 e. The van der Waals surface area contributed by atoms with E-state index in [0.717, 1.165) is 44.1 Å². The van der Waals surface area contributed by atoms with Gasteiger partial charge < -0.3 is 10.5 Å². The zero-order chi connectivity index (χ0) is 25.8. The lowest BCUT2D eigenvalue weighted by molar-refractivity contribution is -0.297. The Balaban J connectivity index is 1.66. The van der Waals surface area contributed by atoms with Crippen LogP contribution in [-0.2, 0) is 14.3 Å². The van der Waals surface area contributed by atoms with Gasteiger partial charge in [-0.05, 0) is 92.8 Å². The quantitative estimate of drug-likeness (QED) is 0.370. The number of fused-ring (bicyclic) bond motifs is 2. The van der Waals surface area contributed by atoms with Crippen molar-refractivity contribution in [2.24, 2.45) is 57.0 Å². The first kappa shape index (κ1) is 25.3. The zero-order valence-electron chi connectivity index (χ0n) is 22.7. The number of primary amides is 1. The fraction of sp³-hybridized carbons (Fsp3) is 0.867. The van der Waals surface area contributed by atoms with Crippen molar-refractivity contribution in [1.82, 2.24) is 0 Å². The van der Waals surface area contributed by atoms with Gasteiger partial charge in [-0.3, -0.25) is 9.59 Å². The average molecular weight is 488 g/mol. The molecule has 4 aliphatic carbocycles. The van der Waals surface area contributed by atoms with Crippen molar-refractivity contribution in [1.29, 1.82) is 0 Å². The molecule has 1 unspecified atom stereocenters. The van der Waals surface area contributed by atoms with E-state index in [1.54, 1.807) is 0 Å². The summed E-state index contributed by atoms with van der Waals surface area (Å²) in [4.78, 5) is 25.5. The van der Waals surface area contributed by atoms with E-state index < -0.39 is 22.6 Å². The lowest BCUT2D eigenvalue weighted by atomic mass is 9.31. The predicted octanol–water partition coefficient (Wildman–Crippen LogP) is 6.37. The van der Waals surface area contributed by atoms with Crippen LogP contribution in [0.3, 0.4) is 0 Å². The molecule has 196 valence electrons. The molecule has 0 aromatic heterocycles. The summed E-state index contributed by atoms with van der Waals surface area (Å²) in [5, 5.41) is 0. The summed E-state index contributed by atoms with van der Waals surface area (Å²) in [5.41, 5.74) is 4.24.